The van der Waals surface area contributed by atoms with Crippen LogP contribution >= 0.6 is 0 Å². The van der Waals surface area contributed by atoms with Crippen molar-refractivity contribution in [3.05, 3.63) is 12.4 Å². The summed E-state index contributed by atoms with van der Waals surface area (Å²) in [5.41, 5.74) is -0.850. The third-order valence-electron chi connectivity index (χ3n) is 2.71. The molecule has 1 fully saturated rings. The van der Waals surface area contributed by atoms with Crippen LogP contribution in [-0.2, 0) is 10.0 Å². The van der Waals surface area contributed by atoms with Crippen LogP contribution in [0.3, 0.4) is 0 Å². The molecule has 1 aliphatic rings. The van der Waals surface area contributed by atoms with E-state index in [-0.39, 0.29) is 18.0 Å². The SMILES string of the molecule is CCC1(O)CN(S(=O)(=O)c2cn[nH]c2)C1. The van der Waals surface area contributed by atoms with E-state index in [2.05, 4.69) is 10.2 Å². The van der Waals surface area contributed by atoms with Crippen molar-refractivity contribution in [2.45, 2.75) is 23.8 Å². The fraction of sp³-hybridized carbons (Fsp3) is 0.625. The number of H-pyrrole nitrogens is 1. The molecule has 2 rings (SSSR count). The van der Waals surface area contributed by atoms with Gasteiger partial charge in [0.05, 0.1) is 11.8 Å². The lowest BCUT2D eigenvalue weighted by atomic mass is 9.94. The normalized spacial score (nSPS) is 21.2. The molecular formula is C8H13N3O3S. The minimum atomic E-state index is -3.46. The molecule has 1 aromatic heterocycles. The molecule has 1 aromatic rings. The number of nitrogens with one attached hydrogen (secondary N) is 1. The maximum Gasteiger partial charge on any atom is 0.246 e. The van der Waals surface area contributed by atoms with Gasteiger partial charge in [-0.1, -0.05) is 6.92 Å². The lowest BCUT2D eigenvalue weighted by Gasteiger charge is -2.44. The summed E-state index contributed by atoms with van der Waals surface area (Å²) < 4.78 is 24.9. The number of aromatic amines is 1. The summed E-state index contributed by atoms with van der Waals surface area (Å²) in [5, 5.41) is 15.8. The predicted molar refractivity (Wildman–Crippen MR) is 52.6 cm³/mol. The van der Waals surface area contributed by atoms with E-state index >= 15 is 0 Å². The Labute approximate surface area is 88.0 Å². The number of rotatable bonds is 3. The predicted octanol–water partition coefficient (Wildman–Crippen LogP) is -0.445. The van der Waals surface area contributed by atoms with Gasteiger partial charge in [0.15, 0.2) is 0 Å². The van der Waals surface area contributed by atoms with E-state index in [1.807, 2.05) is 6.92 Å². The minimum Gasteiger partial charge on any atom is -0.387 e. The molecule has 6 nitrogen and oxygen atoms in total. The van der Waals surface area contributed by atoms with Crippen LogP contribution in [-0.4, -0.2) is 46.7 Å². The molecule has 0 amide bonds. The van der Waals surface area contributed by atoms with Crippen molar-refractivity contribution >= 4 is 10.0 Å². The largest absolute Gasteiger partial charge is 0.387 e. The maximum absolute atomic E-state index is 11.8. The number of hydrogen-bond acceptors (Lipinski definition) is 4. The number of aliphatic hydroxyl groups is 1. The van der Waals surface area contributed by atoms with Gasteiger partial charge in [-0.2, -0.15) is 9.40 Å². The average Bonchev–Trinajstić information content (AvgIpc) is 2.65. The summed E-state index contributed by atoms with van der Waals surface area (Å²) >= 11 is 0. The molecule has 7 heteroatoms. The summed E-state index contributed by atoms with van der Waals surface area (Å²) in [6, 6.07) is 0. The minimum absolute atomic E-state index is 0.139. The third-order valence-corrected chi connectivity index (χ3v) is 4.47. The number of β-amino-alcohol motifs (C(OH)–C–C–N with tert-alkyl or cyclic N) is 1. The summed E-state index contributed by atoms with van der Waals surface area (Å²) in [7, 11) is -3.46. The molecule has 0 saturated carbocycles. The first-order valence-corrected chi connectivity index (χ1v) is 6.13. The zero-order chi connectivity index (χ0) is 11.1. The van der Waals surface area contributed by atoms with Gasteiger partial charge in [-0.25, -0.2) is 8.42 Å². The van der Waals surface area contributed by atoms with E-state index in [1.54, 1.807) is 0 Å². The first-order chi connectivity index (χ1) is 6.98. The standard InChI is InChI=1S/C8H13N3O3S/c1-2-8(12)5-11(6-8)15(13,14)7-3-9-10-4-7/h3-4,12H,2,5-6H2,1H3,(H,9,10). The lowest BCUT2D eigenvalue weighted by molar-refractivity contribution is -0.0613. The zero-order valence-electron chi connectivity index (χ0n) is 8.34. The number of nitrogens with zero attached hydrogens (tertiary/aromatic N) is 2. The van der Waals surface area contributed by atoms with Crippen LogP contribution in [0.25, 0.3) is 0 Å². The lowest BCUT2D eigenvalue weighted by Crippen LogP contribution is -2.62. The van der Waals surface area contributed by atoms with Crippen molar-refractivity contribution in [2.75, 3.05) is 13.1 Å². The fourth-order valence-electron chi connectivity index (χ4n) is 1.53. The Hall–Kier alpha value is -0.920. The molecule has 1 aliphatic heterocycles. The van der Waals surface area contributed by atoms with E-state index in [1.165, 1.54) is 16.7 Å². The van der Waals surface area contributed by atoms with Crippen molar-refractivity contribution in [1.29, 1.82) is 0 Å². The molecule has 2 heterocycles. The van der Waals surface area contributed by atoms with Crippen LogP contribution in [0.5, 0.6) is 0 Å². The molecule has 2 N–H and O–H groups in total. The molecule has 15 heavy (non-hydrogen) atoms. The number of aromatic nitrogens is 2. The smallest absolute Gasteiger partial charge is 0.246 e. The van der Waals surface area contributed by atoms with Crippen molar-refractivity contribution in [3.63, 3.8) is 0 Å². The Bertz CT molecular complexity index is 434. The number of hydrogen-bond donors (Lipinski definition) is 2. The fourth-order valence-corrected chi connectivity index (χ4v) is 3.04. The summed E-state index contributed by atoms with van der Waals surface area (Å²) in [4.78, 5) is 0.139. The van der Waals surface area contributed by atoms with Gasteiger partial charge in [0, 0.05) is 19.3 Å². The Kier molecular flexibility index (Phi) is 2.32. The van der Waals surface area contributed by atoms with E-state index in [0.717, 1.165) is 0 Å². The van der Waals surface area contributed by atoms with Gasteiger partial charge in [0.1, 0.15) is 4.90 Å². The van der Waals surface area contributed by atoms with Gasteiger partial charge in [0.2, 0.25) is 10.0 Å². The first-order valence-electron chi connectivity index (χ1n) is 4.69. The highest BCUT2D eigenvalue weighted by Gasteiger charge is 2.46. The van der Waals surface area contributed by atoms with Gasteiger partial charge in [-0.3, -0.25) is 5.10 Å². The van der Waals surface area contributed by atoms with Crippen LogP contribution in [0.2, 0.25) is 0 Å². The second-order valence-electron chi connectivity index (χ2n) is 3.78. The highest BCUT2D eigenvalue weighted by molar-refractivity contribution is 7.89. The van der Waals surface area contributed by atoms with Crippen LogP contribution < -0.4 is 0 Å². The number of sulfonamides is 1. The molecule has 0 atom stereocenters. The second-order valence-corrected chi connectivity index (χ2v) is 5.72. The van der Waals surface area contributed by atoms with E-state index in [0.29, 0.717) is 6.42 Å². The van der Waals surface area contributed by atoms with Crippen LogP contribution in [0.4, 0.5) is 0 Å². The van der Waals surface area contributed by atoms with Crippen molar-refractivity contribution < 1.29 is 13.5 Å². The maximum atomic E-state index is 11.8. The van der Waals surface area contributed by atoms with E-state index in [4.69, 9.17) is 0 Å². The summed E-state index contributed by atoms with van der Waals surface area (Å²) in [6.07, 6.45) is 3.15. The van der Waals surface area contributed by atoms with Crippen LogP contribution in [0.1, 0.15) is 13.3 Å². The third kappa shape index (κ3) is 1.66. The molecule has 84 valence electrons. The Morgan fingerprint density at radius 1 is 1.67 bits per heavy atom. The molecular weight excluding hydrogens is 218 g/mol. The molecule has 0 unspecified atom stereocenters. The van der Waals surface area contributed by atoms with Gasteiger partial charge in [-0.15, -0.1) is 0 Å². The van der Waals surface area contributed by atoms with Crippen molar-refractivity contribution in [2.24, 2.45) is 0 Å². The highest BCUT2D eigenvalue weighted by atomic mass is 32.2. The monoisotopic (exact) mass is 231 g/mol. The molecule has 0 radical (unpaired) electrons. The Morgan fingerprint density at radius 3 is 2.80 bits per heavy atom. The molecule has 1 saturated heterocycles. The summed E-state index contributed by atoms with van der Waals surface area (Å²) in [5.74, 6) is 0. The van der Waals surface area contributed by atoms with Crippen LogP contribution in [0, 0.1) is 0 Å². The quantitative estimate of drug-likeness (QED) is 0.738. The zero-order valence-corrected chi connectivity index (χ0v) is 9.16. The summed E-state index contributed by atoms with van der Waals surface area (Å²) in [6.45, 7) is 2.16. The molecule has 0 bridgehead atoms. The second kappa shape index (κ2) is 3.29. The first kappa shape index (κ1) is 10.6. The highest BCUT2D eigenvalue weighted by Crippen LogP contribution is 2.29. The van der Waals surface area contributed by atoms with Gasteiger partial charge < -0.3 is 5.11 Å². The molecule has 0 aromatic carbocycles. The Morgan fingerprint density at radius 2 is 2.33 bits per heavy atom. The average molecular weight is 231 g/mol. The van der Waals surface area contributed by atoms with Crippen LogP contribution in [0.15, 0.2) is 17.3 Å². The topological polar surface area (TPSA) is 86.3 Å². The van der Waals surface area contributed by atoms with E-state index in [9.17, 15) is 13.5 Å². The Balaban J connectivity index is 2.15. The molecule has 0 spiro atoms. The van der Waals surface area contributed by atoms with Gasteiger partial charge in [-0.05, 0) is 6.42 Å². The molecule has 0 aliphatic carbocycles. The van der Waals surface area contributed by atoms with Gasteiger partial charge in [0.25, 0.3) is 0 Å². The van der Waals surface area contributed by atoms with Crippen molar-refractivity contribution in [3.8, 4) is 0 Å². The van der Waals surface area contributed by atoms with E-state index < -0.39 is 15.6 Å². The van der Waals surface area contributed by atoms with Crippen molar-refractivity contribution in [1.82, 2.24) is 14.5 Å². The van der Waals surface area contributed by atoms with Gasteiger partial charge >= 0.3 is 0 Å².